The first-order valence-corrected chi connectivity index (χ1v) is 8.21. The maximum Gasteiger partial charge on any atom is 0.152 e. The summed E-state index contributed by atoms with van der Waals surface area (Å²) in [7, 11) is 0. The van der Waals surface area contributed by atoms with Gasteiger partial charge in [-0.2, -0.15) is 0 Å². The molecule has 1 aliphatic heterocycles. The van der Waals surface area contributed by atoms with E-state index in [9.17, 15) is 0 Å². The molecule has 0 saturated carbocycles. The normalized spacial score (nSPS) is 16.1. The van der Waals surface area contributed by atoms with Crippen LogP contribution in [0.15, 0.2) is 53.3 Å². The molecule has 0 atom stereocenters. The number of aromatic nitrogens is 1. The van der Waals surface area contributed by atoms with Crippen molar-refractivity contribution in [1.29, 1.82) is 0 Å². The summed E-state index contributed by atoms with van der Waals surface area (Å²) >= 11 is 5.96. The molecule has 5 heteroatoms. The van der Waals surface area contributed by atoms with E-state index in [4.69, 9.17) is 16.0 Å². The van der Waals surface area contributed by atoms with Crippen molar-refractivity contribution in [2.24, 2.45) is 0 Å². The van der Waals surface area contributed by atoms with Gasteiger partial charge in [-0.1, -0.05) is 11.6 Å². The molecule has 4 rings (SSSR count). The quantitative estimate of drug-likeness (QED) is 0.732. The third-order valence-corrected chi connectivity index (χ3v) is 4.61. The molecule has 1 aromatic carbocycles. The van der Waals surface area contributed by atoms with Gasteiger partial charge in [-0.15, -0.1) is 0 Å². The van der Waals surface area contributed by atoms with Gasteiger partial charge in [0.05, 0.1) is 6.26 Å². The summed E-state index contributed by atoms with van der Waals surface area (Å²) < 4.78 is 5.58. The molecule has 118 valence electrons. The molecule has 0 unspecified atom stereocenters. The molecule has 1 saturated heterocycles. The lowest BCUT2D eigenvalue weighted by Crippen LogP contribution is -2.45. The van der Waals surface area contributed by atoms with Gasteiger partial charge >= 0.3 is 0 Å². The highest BCUT2D eigenvalue weighted by Crippen LogP contribution is 2.22. The van der Waals surface area contributed by atoms with Crippen molar-refractivity contribution >= 4 is 28.4 Å². The number of hydrogen-bond donors (Lipinski definition) is 0. The first kappa shape index (κ1) is 14.5. The Bertz CT molecular complexity index is 791. The lowest BCUT2D eigenvalue weighted by molar-refractivity contribution is 0.250. The topological polar surface area (TPSA) is 32.5 Å². The number of piperazine rings is 1. The number of rotatable bonds is 3. The first-order chi connectivity index (χ1) is 11.3. The molecular weight excluding hydrogens is 310 g/mol. The van der Waals surface area contributed by atoms with Crippen molar-refractivity contribution in [1.82, 2.24) is 9.88 Å². The molecule has 2 aromatic heterocycles. The minimum Gasteiger partial charge on any atom is -0.462 e. The Morgan fingerprint density at radius 1 is 1.04 bits per heavy atom. The zero-order valence-electron chi connectivity index (χ0n) is 12.8. The van der Waals surface area contributed by atoms with Crippen molar-refractivity contribution in [3.8, 4) is 0 Å². The number of hydrogen-bond acceptors (Lipinski definition) is 4. The minimum atomic E-state index is 0.784. The summed E-state index contributed by atoms with van der Waals surface area (Å²) in [5.41, 5.74) is 4.25. The van der Waals surface area contributed by atoms with Crippen molar-refractivity contribution in [2.75, 3.05) is 31.1 Å². The smallest absolute Gasteiger partial charge is 0.152 e. The van der Waals surface area contributed by atoms with Crippen molar-refractivity contribution in [3.05, 3.63) is 59.4 Å². The van der Waals surface area contributed by atoms with Crippen LogP contribution in [0.5, 0.6) is 0 Å². The molecule has 0 radical (unpaired) electrons. The van der Waals surface area contributed by atoms with Gasteiger partial charge in [-0.3, -0.25) is 9.88 Å². The minimum absolute atomic E-state index is 0.784. The zero-order chi connectivity index (χ0) is 15.6. The molecule has 0 aliphatic carbocycles. The molecule has 3 heterocycles. The fraction of sp³-hybridized carbons (Fsp3) is 0.278. The molecule has 0 bridgehead atoms. The number of nitrogens with zero attached hydrogens (tertiary/aromatic N) is 3. The Balaban J connectivity index is 1.41. The van der Waals surface area contributed by atoms with Crippen LogP contribution < -0.4 is 4.90 Å². The van der Waals surface area contributed by atoms with E-state index in [1.165, 1.54) is 11.3 Å². The van der Waals surface area contributed by atoms with Crippen LogP contribution in [0.2, 0.25) is 5.02 Å². The second-order valence-electron chi connectivity index (χ2n) is 5.85. The largest absolute Gasteiger partial charge is 0.462 e. The zero-order valence-corrected chi connectivity index (χ0v) is 13.5. The van der Waals surface area contributed by atoms with Gasteiger partial charge < -0.3 is 9.32 Å². The molecule has 3 aromatic rings. The van der Waals surface area contributed by atoms with E-state index in [1.54, 1.807) is 0 Å². The number of benzene rings is 1. The summed E-state index contributed by atoms with van der Waals surface area (Å²) in [6.07, 6.45) is 3.66. The molecule has 0 amide bonds. The molecule has 4 nitrogen and oxygen atoms in total. The molecule has 0 N–H and O–H groups in total. The SMILES string of the molecule is Clc1ccc(N2CCN(Cc3coc4cccnc34)CC2)cc1. The van der Waals surface area contributed by atoms with Crippen LogP contribution in [-0.4, -0.2) is 36.1 Å². The van der Waals surface area contributed by atoms with Crippen molar-refractivity contribution in [3.63, 3.8) is 0 Å². The third kappa shape index (κ3) is 3.05. The van der Waals surface area contributed by atoms with Crippen LogP contribution in [0.1, 0.15) is 5.56 Å². The van der Waals surface area contributed by atoms with Gasteiger partial charge in [-0.25, -0.2) is 0 Å². The second-order valence-corrected chi connectivity index (χ2v) is 6.29. The van der Waals surface area contributed by atoms with Crippen LogP contribution in [0.3, 0.4) is 0 Å². The number of fused-ring (bicyclic) bond motifs is 1. The van der Waals surface area contributed by atoms with E-state index in [1.807, 2.05) is 36.7 Å². The number of furan rings is 1. The average molecular weight is 328 g/mol. The average Bonchev–Trinajstić information content (AvgIpc) is 3.00. The van der Waals surface area contributed by atoms with Crippen LogP contribution in [0, 0.1) is 0 Å². The van der Waals surface area contributed by atoms with Crippen LogP contribution in [-0.2, 0) is 6.54 Å². The highest BCUT2D eigenvalue weighted by Gasteiger charge is 2.19. The Morgan fingerprint density at radius 2 is 1.83 bits per heavy atom. The Hall–Kier alpha value is -2.04. The summed E-state index contributed by atoms with van der Waals surface area (Å²) in [5, 5.41) is 0.784. The van der Waals surface area contributed by atoms with Crippen LogP contribution in [0.4, 0.5) is 5.69 Å². The highest BCUT2D eigenvalue weighted by atomic mass is 35.5. The van der Waals surface area contributed by atoms with Crippen LogP contribution >= 0.6 is 11.6 Å². The summed E-state index contributed by atoms with van der Waals surface area (Å²) in [4.78, 5) is 9.29. The predicted octanol–water partition coefficient (Wildman–Crippen LogP) is 3.80. The Morgan fingerprint density at radius 3 is 2.61 bits per heavy atom. The Kier molecular flexibility index (Phi) is 3.93. The van der Waals surface area contributed by atoms with Gasteiger partial charge in [0.2, 0.25) is 0 Å². The van der Waals surface area contributed by atoms with E-state index in [0.29, 0.717) is 0 Å². The summed E-state index contributed by atoms with van der Waals surface area (Å²) in [5.74, 6) is 0. The van der Waals surface area contributed by atoms with Gasteiger partial charge in [0.1, 0.15) is 5.52 Å². The van der Waals surface area contributed by atoms with Crippen molar-refractivity contribution in [2.45, 2.75) is 6.54 Å². The fourth-order valence-corrected chi connectivity index (χ4v) is 3.21. The monoisotopic (exact) mass is 327 g/mol. The molecule has 0 spiro atoms. The summed E-state index contributed by atoms with van der Waals surface area (Å²) in [6, 6.07) is 11.9. The molecule has 1 fully saturated rings. The lowest BCUT2D eigenvalue weighted by Gasteiger charge is -2.36. The fourth-order valence-electron chi connectivity index (χ4n) is 3.09. The van der Waals surface area contributed by atoms with E-state index in [2.05, 4.69) is 26.9 Å². The van der Waals surface area contributed by atoms with Gasteiger partial charge in [0, 0.05) is 55.2 Å². The predicted molar refractivity (Wildman–Crippen MR) is 93.0 cm³/mol. The van der Waals surface area contributed by atoms with E-state index in [-0.39, 0.29) is 0 Å². The first-order valence-electron chi connectivity index (χ1n) is 7.83. The van der Waals surface area contributed by atoms with Gasteiger partial charge in [0.25, 0.3) is 0 Å². The standard InChI is InChI=1S/C18H18ClN3O/c19-15-3-5-16(6-4-15)22-10-8-21(9-11-22)12-14-13-23-17-2-1-7-20-18(14)17/h1-7,13H,8-12H2. The van der Waals surface area contributed by atoms with Crippen molar-refractivity contribution < 1.29 is 4.42 Å². The van der Waals surface area contributed by atoms with E-state index < -0.39 is 0 Å². The molecular formula is C18H18ClN3O. The van der Waals surface area contributed by atoms with E-state index in [0.717, 1.165) is 48.8 Å². The molecule has 1 aliphatic rings. The number of anilines is 1. The van der Waals surface area contributed by atoms with Crippen LogP contribution in [0.25, 0.3) is 11.1 Å². The van der Waals surface area contributed by atoms with Gasteiger partial charge in [-0.05, 0) is 36.4 Å². The third-order valence-electron chi connectivity index (χ3n) is 4.36. The van der Waals surface area contributed by atoms with Gasteiger partial charge in [0.15, 0.2) is 5.58 Å². The maximum atomic E-state index is 5.96. The maximum absolute atomic E-state index is 5.96. The van der Waals surface area contributed by atoms with E-state index >= 15 is 0 Å². The summed E-state index contributed by atoms with van der Waals surface area (Å²) in [6.45, 7) is 4.98. The lowest BCUT2D eigenvalue weighted by atomic mass is 10.2. The number of pyridine rings is 1. The Labute approximate surface area is 140 Å². The molecule has 23 heavy (non-hydrogen) atoms. The number of halogens is 1. The second kappa shape index (κ2) is 6.22. The highest BCUT2D eigenvalue weighted by molar-refractivity contribution is 6.30.